The molecule has 0 unspecified atom stereocenters. The molecule has 0 aliphatic heterocycles. The summed E-state index contributed by atoms with van der Waals surface area (Å²) in [4.78, 5) is 4.35. The average Bonchev–Trinajstić information content (AvgIpc) is 2.43. The molecule has 100 valence electrons. The minimum absolute atomic E-state index is 0.727. The van der Waals surface area contributed by atoms with E-state index < -0.39 is 0 Å². The van der Waals surface area contributed by atoms with Gasteiger partial charge in [-0.25, -0.2) is 4.98 Å². The molecule has 0 spiro atoms. The summed E-state index contributed by atoms with van der Waals surface area (Å²) in [6, 6.07) is 8.42. The van der Waals surface area contributed by atoms with Crippen LogP contribution in [0.25, 0.3) is 0 Å². The fraction of sp³-hybridized carbons (Fsp3) is 0.312. The summed E-state index contributed by atoms with van der Waals surface area (Å²) >= 11 is 0. The summed E-state index contributed by atoms with van der Waals surface area (Å²) in [5.74, 6) is 0.849. The molecule has 2 aromatic rings. The maximum Gasteiger partial charge on any atom is 0.130 e. The second-order valence-electron chi connectivity index (χ2n) is 4.71. The van der Waals surface area contributed by atoms with Gasteiger partial charge in [0, 0.05) is 5.69 Å². The topological polar surface area (TPSA) is 50.9 Å². The van der Waals surface area contributed by atoms with Crippen LogP contribution in [0.3, 0.4) is 0 Å². The Kier molecular flexibility index (Phi) is 4.05. The molecule has 0 aliphatic carbocycles. The third-order valence-electron chi connectivity index (χ3n) is 3.40. The number of anilines is 3. The van der Waals surface area contributed by atoms with E-state index in [1.807, 2.05) is 13.0 Å². The Hall–Kier alpha value is -2.03. The Morgan fingerprint density at radius 2 is 1.79 bits per heavy atom. The number of rotatable bonds is 4. The molecule has 3 heteroatoms. The Labute approximate surface area is 114 Å². The lowest BCUT2D eigenvalue weighted by Crippen LogP contribution is -2.02. The monoisotopic (exact) mass is 255 g/mol. The maximum absolute atomic E-state index is 5.80. The molecular formula is C16H21N3. The first-order valence-corrected chi connectivity index (χ1v) is 6.75. The number of hydrogen-bond acceptors (Lipinski definition) is 3. The van der Waals surface area contributed by atoms with E-state index in [4.69, 9.17) is 5.73 Å². The number of nitrogens with one attached hydrogen (secondary N) is 1. The number of aryl methyl sites for hydroxylation is 3. The quantitative estimate of drug-likeness (QED) is 0.872. The third kappa shape index (κ3) is 2.87. The molecule has 0 aliphatic rings. The van der Waals surface area contributed by atoms with Crippen LogP contribution in [0.5, 0.6) is 0 Å². The van der Waals surface area contributed by atoms with Crippen molar-refractivity contribution < 1.29 is 0 Å². The number of nitrogens with zero attached hydrogens (tertiary/aromatic N) is 1. The molecular weight excluding hydrogens is 234 g/mol. The Balaban J connectivity index is 2.39. The molecule has 0 atom stereocenters. The minimum atomic E-state index is 0.727. The number of para-hydroxylation sites is 1. The summed E-state index contributed by atoms with van der Waals surface area (Å²) in [5, 5.41) is 3.44. The SMILES string of the molecule is CCc1cccc(CC)c1Nc1cc(C)c(N)cn1. The van der Waals surface area contributed by atoms with Crippen LogP contribution >= 0.6 is 0 Å². The van der Waals surface area contributed by atoms with E-state index in [0.717, 1.165) is 29.9 Å². The number of nitrogens with two attached hydrogens (primary N) is 1. The van der Waals surface area contributed by atoms with Gasteiger partial charge in [0.15, 0.2) is 0 Å². The highest BCUT2D eigenvalue weighted by Gasteiger charge is 2.07. The van der Waals surface area contributed by atoms with E-state index in [1.165, 1.54) is 16.8 Å². The van der Waals surface area contributed by atoms with Gasteiger partial charge in [-0.1, -0.05) is 32.0 Å². The van der Waals surface area contributed by atoms with Gasteiger partial charge in [0.2, 0.25) is 0 Å². The number of benzene rings is 1. The van der Waals surface area contributed by atoms with E-state index in [9.17, 15) is 0 Å². The normalized spacial score (nSPS) is 10.5. The number of nitrogen functional groups attached to an aromatic ring is 1. The van der Waals surface area contributed by atoms with Crippen LogP contribution in [0.2, 0.25) is 0 Å². The van der Waals surface area contributed by atoms with Crippen molar-refractivity contribution >= 4 is 17.2 Å². The van der Waals surface area contributed by atoms with Crippen LogP contribution in [0.15, 0.2) is 30.5 Å². The second-order valence-corrected chi connectivity index (χ2v) is 4.71. The average molecular weight is 255 g/mol. The third-order valence-corrected chi connectivity index (χ3v) is 3.40. The molecule has 3 nitrogen and oxygen atoms in total. The first kappa shape index (κ1) is 13.4. The van der Waals surface area contributed by atoms with Crippen molar-refractivity contribution in [3.8, 4) is 0 Å². The molecule has 0 amide bonds. The van der Waals surface area contributed by atoms with E-state index >= 15 is 0 Å². The predicted molar refractivity (Wildman–Crippen MR) is 81.9 cm³/mol. The Morgan fingerprint density at radius 3 is 2.32 bits per heavy atom. The van der Waals surface area contributed by atoms with Gasteiger partial charge in [0.05, 0.1) is 11.9 Å². The van der Waals surface area contributed by atoms with Gasteiger partial charge in [-0.2, -0.15) is 0 Å². The summed E-state index contributed by atoms with van der Waals surface area (Å²) in [7, 11) is 0. The van der Waals surface area contributed by atoms with Gasteiger partial charge in [-0.3, -0.25) is 0 Å². The van der Waals surface area contributed by atoms with Gasteiger partial charge in [0.25, 0.3) is 0 Å². The van der Waals surface area contributed by atoms with E-state index in [0.29, 0.717) is 0 Å². The standard InChI is InChI=1S/C16H21N3/c1-4-12-7-6-8-13(5-2)16(12)19-15-9-11(3)14(17)10-18-15/h6-10H,4-5,17H2,1-3H3,(H,18,19). The number of aromatic nitrogens is 1. The largest absolute Gasteiger partial charge is 0.397 e. The molecule has 0 fully saturated rings. The fourth-order valence-corrected chi connectivity index (χ4v) is 2.17. The van der Waals surface area contributed by atoms with Crippen LogP contribution in [-0.2, 0) is 12.8 Å². The van der Waals surface area contributed by atoms with Crippen molar-refractivity contribution in [2.75, 3.05) is 11.1 Å². The lowest BCUT2D eigenvalue weighted by atomic mass is 10.0. The highest BCUT2D eigenvalue weighted by molar-refractivity contribution is 5.66. The van der Waals surface area contributed by atoms with Gasteiger partial charge in [0.1, 0.15) is 5.82 Å². The maximum atomic E-state index is 5.80. The van der Waals surface area contributed by atoms with E-state index in [1.54, 1.807) is 6.20 Å². The van der Waals surface area contributed by atoms with E-state index in [2.05, 4.69) is 42.3 Å². The summed E-state index contributed by atoms with van der Waals surface area (Å²) in [6.07, 6.45) is 3.71. The zero-order valence-corrected chi connectivity index (χ0v) is 11.8. The Bertz CT molecular complexity index is 554. The zero-order chi connectivity index (χ0) is 13.8. The van der Waals surface area contributed by atoms with Crippen LogP contribution in [-0.4, -0.2) is 4.98 Å². The summed E-state index contributed by atoms with van der Waals surface area (Å²) in [5.41, 5.74) is 11.4. The van der Waals surface area contributed by atoms with Crippen molar-refractivity contribution in [3.05, 3.63) is 47.2 Å². The van der Waals surface area contributed by atoms with Crippen molar-refractivity contribution in [1.82, 2.24) is 4.98 Å². The minimum Gasteiger partial charge on any atom is -0.397 e. The first-order chi connectivity index (χ1) is 9.15. The highest BCUT2D eigenvalue weighted by Crippen LogP contribution is 2.26. The van der Waals surface area contributed by atoms with Crippen LogP contribution in [0, 0.1) is 6.92 Å². The summed E-state index contributed by atoms with van der Waals surface area (Å²) < 4.78 is 0. The highest BCUT2D eigenvalue weighted by atomic mass is 15.0. The van der Waals surface area contributed by atoms with Crippen LogP contribution in [0.1, 0.15) is 30.5 Å². The molecule has 1 aromatic heterocycles. The predicted octanol–water partition coefficient (Wildman–Crippen LogP) is 3.84. The second kappa shape index (κ2) is 5.74. The molecule has 1 heterocycles. The fourth-order valence-electron chi connectivity index (χ4n) is 2.17. The smallest absolute Gasteiger partial charge is 0.130 e. The molecule has 1 aromatic carbocycles. The lowest BCUT2D eigenvalue weighted by Gasteiger charge is -2.15. The van der Waals surface area contributed by atoms with Crippen molar-refractivity contribution in [3.63, 3.8) is 0 Å². The molecule has 0 bridgehead atoms. The van der Waals surface area contributed by atoms with Crippen molar-refractivity contribution in [1.29, 1.82) is 0 Å². The zero-order valence-electron chi connectivity index (χ0n) is 11.8. The lowest BCUT2D eigenvalue weighted by molar-refractivity contribution is 1.08. The molecule has 0 saturated carbocycles. The van der Waals surface area contributed by atoms with Gasteiger partial charge in [-0.05, 0) is 42.5 Å². The molecule has 19 heavy (non-hydrogen) atoms. The van der Waals surface area contributed by atoms with Crippen LogP contribution in [0.4, 0.5) is 17.2 Å². The number of pyridine rings is 1. The van der Waals surface area contributed by atoms with Gasteiger partial charge < -0.3 is 11.1 Å². The van der Waals surface area contributed by atoms with Crippen molar-refractivity contribution in [2.24, 2.45) is 0 Å². The molecule has 2 rings (SSSR count). The molecule has 3 N–H and O–H groups in total. The number of hydrogen-bond donors (Lipinski definition) is 2. The molecule has 0 saturated heterocycles. The van der Waals surface area contributed by atoms with E-state index in [-0.39, 0.29) is 0 Å². The molecule has 0 radical (unpaired) electrons. The first-order valence-electron chi connectivity index (χ1n) is 6.75. The van der Waals surface area contributed by atoms with Gasteiger partial charge >= 0.3 is 0 Å². The Morgan fingerprint density at radius 1 is 1.16 bits per heavy atom. The van der Waals surface area contributed by atoms with Crippen molar-refractivity contribution in [2.45, 2.75) is 33.6 Å². The summed E-state index contributed by atoms with van der Waals surface area (Å²) in [6.45, 7) is 6.33. The van der Waals surface area contributed by atoms with Crippen LogP contribution < -0.4 is 11.1 Å². The van der Waals surface area contributed by atoms with Gasteiger partial charge in [-0.15, -0.1) is 0 Å².